The highest BCUT2D eigenvalue weighted by Crippen LogP contribution is 2.32. The first-order valence-corrected chi connectivity index (χ1v) is 6.18. The van der Waals surface area contributed by atoms with Crippen molar-refractivity contribution in [1.29, 1.82) is 0 Å². The summed E-state index contributed by atoms with van der Waals surface area (Å²) in [6.45, 7) is 8.34. The molecule has 1 aromatic rings. The van der Waals surface area contributed by atoms with Crippen molar-refractivity contribution in [2.24, 2.45) is 11.1 Å². The average Bonchev–Trinajstić information content (AvgIpc) is 2.28. The topological polar surface area (TPSA) is 59.1 Å². The fraction of sp³-hybridized carbons (Fsp3) is 0.643. The molecule has 3 nitrogen and oxygen atoms in total. The molecule has 17 heavy (non-hydrogen) atoms. The van der Waals surface area contributed by atoms with Gasteiger partial charge in [0.1, 0.15) is 0 Å². The number of nitrogens with two attached hydrogens (primary N) is 1. The monoisotopic (exact) mass is 236 g/mol. The second-order valence-electron chi connectivity index (χ2n) is 5.67. The molecule has 1 heterocycles. The number of pyridine rings is 1. The molecular weight excluding hydrogens is 212 g/mol. The molecule has 0 bridgehead atoms. The molecule has 0 aliphatic rings. The number of aryl methyl sites for hydroxylation is 1. The van der Waals surface area contributed by atoms with Crippen molar-refractivity contribution in [2.45, 2.75) is 46.1 Å². The predicted octanol–water partition coefficient (Wildman–Crippen LogP) is 1.92. The van der Waals surface area contributed by atoms with Gasteiger partial charge < -0.3 is 10.8 Å². The first-order chi connectivity index (χ1) is 7.82. The lowest BCUT2D eigenvalue weighted by atomic mass is 9.73. The van der Waals surface area contributed by atoms with E-state index in [4.69, 9.17) is 5.73 Å². The summed E-state index contributed by atoms with van der Waals surface area (Å²) in [4.78, 5) is 4.38. The van der Waals surface area contributed by atoms with Crippen LogP contribution in [0, 0.1) is 5.41 Å². The van der Waals surface area contributed by atoms with E-state index in [1.165, 1.54) is 5.56 Å². The van der Waals surface area contributed by atoms with Crippen molar-refractivity contribution in [3.05, 3.63) is 29.6 Å². The Morgan fingerprint density at radius 1 is 1.29 bits per heavy atom. The Balaban J connectivity index is 2.87. The Morgan fingerprint density at radius 2 is 1.94 bits per heavy atom. The van der Waals surface area contributed by atoms with E-state index in [1.807, 2.05) is 33.0 Å². The van der Waals surface area contributed by atoms with Crippen molar-refractivity contribution in [2.75, 3.05) is 6.54 Å². The summed E-state index contributed by atoms with van der Waals surface area (Å²) in [5.74, 6) is 0. The number of aliphatic hydroxyl groups is 1. The highest BCUT2D eigenvalue weighted by Gasteiger charge is 2.39. The van der Waals surface area contributed by atoms with E-state index in [0.29, 0.717) is 6.42 Å². The van der Waals surface area contributed by atoms with Gasteiger partial charge in [-0.2, -0.15) is 0 Å². The number of rotatable bonds is 4. The van der Waals surface area contributed by atoms with Crippen LogP contribution < -0.4 is 5.73 Å². The quantitative estimate of drug-likeness (QED) is 0.839. The Labute approximate surface area is 104 Å². The van der Waals surface area contributed by atoms with Gasteiger partial charge in [0.15, 0.2) is 0 Å². The van der Waals surface area contributed by atoms with Gasteiger partial charge in [0.25, 0.3) is 0 Å². The van der Waals surface area contributed by atoms with Gasteiger partial charge in [0.2, 0.25) is 0 Å². The lowest BCUT2D eigenvalue weighted by Crippen LogP contribution is -2.51. The maximum Gasteiger partial charge on any atom is 0.0872 e. The molecule has 3 N–H and O–H groups in total. The summed E-state index contributed by atoms with van der Waals surface area (Å²) in [6, 6.07) is 4.03. The largest absolute Gasteiger partial charge is 0.388 e. The zero-order valence-corrected chi connectivity index (χ0v) is 11.3. The molecule has 0 amide bonds. The standard InChI is InChI=1S/C14H24N2O/c1-5-11-6-7-12(16-9-11)8-14(17,10-15)13(2,3)4/h6-7,9,17H,5,8,10,15H2,1-4H3. The number of aromatic nitrogens is 1. The predicted molar refractivity (Wildman–Crippen MR) is 70.8 cm³/mol. The normalized spacial score (nSPS) is 15.6. The fourth-order valence-corrected chi connectivity index (χ4v) is 1.71. The number of nitrogens with zero attached hydrogens (tertiary/aromatic N) is 1. The highest BCUT2D eigenvalue weighted by atomic mass is 16.3. The Hall–Kier alpha value is -0.930. The zero-order chi connectivity index (χ0) is 13.1. The smallest absolute Gasteiger partial charge is 0.0872 e. The van der Waals surface area contributed by atoms with Crippen molar-refractivity contribution >= 4 is 0 Å². The van der Waals surface area contributed by atoms with Crippen LogP contribution in [-0.2, 0) is 12.8 Å². The summed E-state index contributed by atoms with van der Waals surface area (Å²) >= 11 is 0. The van der Waals surface area contributed by atoms with Gasteiger partial charge in [-0.05, 0) is 23.5 Å². The van der Waals surface area contributed by atoms with Crippen molar-refractivity contribution in [1.82, 2.24) is 4.98 Å². The van der Waals surface area contributed by atoms with Gasteiger partial charge >= 0.3 is 0 Å². The van der Waals surface area contributed by atoms with Crippen LogP contribution in [0.5, 0.6) is 0 Å². The van der Waals surface area contributed by atoms with Crippen molar-refractivity contribution < 1.29 is 5.11 Å². The highest BCUT2D eigenvalue weighted by molar-refractivity contribution is 5.16. The minimum Gasteiger partial charge on any atom is -0.388 e. The Kier molecular flexibility index (Phi) is 4.28. The van der Waals surface area contributed by atoms with Crippen LogP contribution in [-0.4, -0.2) is 22.2 Å². The van der Waals surface area contributed by atoms with Crippen molar-refractivity contribution in [3.8, 4) is 0 Å². The third kappa shape index (κ3) is 3.27. The van der Waals surface area contributed by atoms with E-state index in [9.17, 15) is 5.11 Å². The van der Waals surface area contributed by atoms with E-state index >= 15 is 0 Å². The molecule has 1 unspecified atom stereocenters. The van der Waals surface area contributed by atoms with Gasteiger partial charge in [0, 0.05) is 24.9 Å². The maximum atomic E-state index is 10.6. The van der Waals surface area contributed by atoms with Crippen LogP contribution in [0.15, 0.2) is 18.3 Å². The van der Waals surface area contributed by atoms with Gasteiger partial charge in [-0.15, -0.1) is 0 Å². The van der Waals surface area contributed by atoms with E-state index in [0.717, 1.165) is 12.1 Å². The first kappa shape index (κ1) is 14.1. The third-order valence-corrected chi connectivity index (χ3v) is 3.50. The third-order valence-electron chi connectivity index (χ3n) is 3.50. The zero-order valence-electron chi connectivity index (χ0n) is 11.3. The Morgan fingerprint density at radius 3 is 2.29 bits per heavy atom. The summed E-state index contributed by atoms with van der Waals surface area (Å²) in [6.07, 6.45) is 3.35. The molecule has 3 heteroatoms. The minimum atomic E-state index is -0.909. The van der Waals surface area contributed by atoms with E-state index in [1.54, 1.807) is 0 Å². The molecule has 0 saturated heterocycles. The molecule has 0 aliphatic carbocycles. The van der Waals surface area contributed by atoms with Gasteiger partial charge in [-0.25, -0.2) is 0 Å². The summed E-state index contributed by atoms with van der Waals surface area (Å²) in [5.41, 5.74) is 6.66. The molecule has 0 spiro atoms. The second-order valence-corrected chi connectivity index (χ2v) is 5.67. The molecule has 1 atom stereocenters. The number of hydrogen-bond donors (Lipinski definition) is 2. The molecule has 1 aromatic heterocycles. The number of hydrogen-bond acceptors (Lipinski definition) is 3. The van der Waals surface area contributed by atoms with Crippen LogP contribution in [0.4, 0.5) is 0 Å². The van der Waals surface area contributed by atoms with Gasteiger partial charge in [0.05, 0.1) is 5.60 Å². The lowest BCUT2D eigenvalue weighted by Gasteiger charge is -2.39. The second kappa shape index (κ2) is 5.15. The van der Waals surface area contributed by atoms with Crippen LogP contribution >= 0.6 is 0 Å². The van der Waals surface area contributed by atoms with E-state index in [-0.39, 0.29) is 12.0 Å². The van der Waals surface area contributed by atoms with E-state index in [2.05, 4.69) is 18.0 Å². The molecule has 0 radical (unpaired) electrons. The molecular formula is C14H24N2O. The maximum absolute atomic E-state index is 10.6. The van der Waals surface area contributed by atoms with Crippen LogP contribution in [0.25, 0.3) is 0 Å². The van der Waals surface area contributed by atoms with Gasteiger partial charge in [-0.3, -0.25) is 4.98 Å². The summed E-state index contributed by atoms with van der Waals surface area (Å²) in [7, 11) is 0. The molecule has 0 aliphatic heterocycles. The SMILES string of the molecule is CCc1ccc(CC(O)(CN)C(C)(C)C)nc1. The molecule has 0 fully saturated rings. The van der Waals surface area contributed by atoms with Crippen molar-refractivity contribution in [3.63, 3.8) is 0 Å². The minimum absolute atomic E-state index is 0.244. The van der Waals surface area contributed by atoms with Crippen LogP contribution in [0.1, 0.15) is 39.0 Å². The lowest BCUT2D eigenvalue weighted by molar-refractivity contribution is -0.0497. The Bertz CT molecular complexity index is 353. The van der Waals surface area contributed by atoms with Crippen LogP contribution in [0.3, 0.4) is 0 Å². The van der Waals surface area contributed by atoms with Gasteiger partial charge in [-0.1, -0.05) is 33.8 Å². The molecule has 0 aromatic carbocycles. The molecule has 0 saturated carbocycles. The summed E-state index contributed by atoms with van der Waals surface area (Å²) in [5, 5.41) is 10.6. The molecule has 1 rings (SSSR count). The van der Waals surface area contributed by atoms with Crippen LogP contribution in [0.2, 0.25) is 0 Å². The fourth-order valence-electron chi connectivity index (χ4n) is 1.71. The summed E-state index contributed by atoms with van der Waals surface area (Å²) < 4.78 is 0. The molecule has 96 valence electrons. The van der Waals surface area contributed by atoms with E-state index < -0.39 is 5.60 Å². The average molecular weight is 236 g/mol. The first-order valence-electron chi connectivity index (χ1n) is 6.18.